The van der Waals surface area contributed by atoms with Gasteiger partial charge in [-0.25, -0.2) is 0 Å². The summed E-state index contributed by atoms with van der Waals surface area (Å²) in [5.74, 6) is 0.669. The van der Waals surface area contributed by atoms with Crippen molar-refractivity contribution < 1.29 is 9.53 Å². The second-order valence-corrected chi connectivity index (χ2v) is 6.13. The van der Waals surface area contributed by atoms with E-state index >= 15 is 0 Å². The van der Waals surface area contributed by atoms with E-state index in [1.807, 2.05) is 0 Å². The molecule has 0 bridgehead atoms. The van der Waals surface area contributed by atoms with Gasteiger partial charge in [0.25, 0.3) is 0 Å². The van der Waals surface area contributed by atoms with E-state index in [4.69, 9.17) is 4.74 Å². The lowest BCUT2D eigenvalue weighted by atomic mass is 9.84. The first-order chi connectivity index (χ1) is 9.20. The fourth-order valence-electron chi connectivity index (χ4n) is 3.51. The maximum atomic E-state index is 12.1. The molecule has 0 aromatic heterocycles. The number of hydrogen-bond acceptors (Lipinski definition) is 4. The van der Waals surface area contributed by atoms with Gasteiger partial charge in [-0.2, -0.15) is 0 Å². The predicted octanol–water partition coefficient (Wildman–Crippen LogP) is 1.79. The van der Waals surface area contributed by atoms with Gasteiger partial charge in [-0.05, 0) is 19.3 Å². The van der Waals surface area contributed by atoms with Crippen LogP contribution in [0.25, 0.3) is 0 Å². The third kappa shape index (κ3) is 4.18. The number of carbonyl (C=O) groups excluding carboxylic acids is 1. The van der Waals surface area contributed by atoms with Crippen molar-refractivity contribution in [2.75, 3.05) is 26.7 Å². The highest BCUT2D eigenvalue weighted by Crippen LogP contribution is 2.29. The average molecular weight is 268 g/mol. The van der Waals surface area contributed by atoms with Crippen LogP contribution in [0.2, 0.25) is 0 Å². The van der Waals surface area contributed by atoms with Gasteiger partial charge >= 0.3 is 5.97 Å². The first-order valence-corrected chi connectivity index (χ1v) is 7.76. The Hall–Kier alpha value is -0.610. The third-order valence-corrected chi connectivity index (χ3v) is 4.60. The monoisotopic (exact) mass is 268 g/mol. The molecule has 2 aliphatic rings. The summed E-state index contributed by atoms with van der Waals surface area (Å²) >= 11 is 0. The van der Waals surface area contributed by atoms with Crippen molar-refractivity contribution in [3.63, 3.8) is 0 Å². The van der Waals surface area contributed by atoms with Gasteiger partial charge in [0, 0.05) is 25.7 Å². The van der Waals surface area contributed by atoms with E-state index < -0.39 is 0 Å². The molecule has 110 valence electrons. The molecule has 2 rings (SSSR count). The van der Waals surface area contributed by atoms with Crippen LogP contribution in [0.15, 0.2) is 0 Å². The van der Waals surface area contributed by atoms with E-state index in [2.05, 4.69) is 17.1 Å². The van der Waals surface area contributed by atoms with Crippen molar-refractivity contribution >= 4 is 5.97 Å². The molecule has 19 heavy (non-hydrogen) atoms. The van der Waals surface area contributed by atoms with Crippen LogP contribution < -0.4 is 5.32 Å². The lowest BCUT2D eigenvalue weighted by Crippen LogP contribution is -2.55. The molecule has 1 saturated heterocycles. The fourth-order valence-corrected chi connectivity index (χ4v) is 3.51. The Morgan fingerprint density at radius 2 is 2.11 bits per heavy atom. The quantitative estimate of drug-likeness (QED) is 0.789. The maximum absolute atomic E-state index is 12.1. The second kappa shape index (κ2) is 7.25. The Morgan fingerprint density at radius 3 is 2.74 bits per heavy atom. The Labute approximate surface area is 116 Å². The van der Waals surface area contributed by atoms with Crippen LogP contribution in [0.1, 0.15) is 45.4 Å². The van der Waals surface area contributed by atoms with Crippen LogP contribution in [0, 0.1) is 5.92 Å². The number of esters is 1. The maximum Gasteiger partial charge on any atom is 0.323 e. The number of nitrogens with one attached hydrogen (secondary N) is 1. The Kier molecular flexibility index (Phi) is 5.64. The van der Waals surface area contributed by atoms with Gasteiger partial charge in [0.15, 0.2) is 0 Å². The van der Waals surface area contributed by atoms with Crippen molar-refractivity contribution in [3.8, 4) is 0 Å². The van der Waals surface area contributed by atoms with Crippen LogP contribution in [-0.4, -0.2) is 49.7 Å². The standard InChI is InChI=1S/C15H28N2O2/c1-12-11-17(9-8-16-12)14(15(18)19-2)10-13-6-4-3-5-7-13/h12-14,16H,3-11H2,1-2H3/t12-,14-/m0/s1. The molecule has 1 aliphatic heterocycles. The van der Waals surface area contributed by atoms with Gasteiger partial charge < -0.3 is 10.1 Å². The summed E-state index contributed by atoms with van der Waals surface area (Å²) < 4.78 is 5.04. The number of nitrogens with zero attached hydrogens (tertiary/aromatic N) is 1. The zero-order valence-electron chi connectivity index (χ0n) is 12.4. The minimum atomic E-state index is -0.0420. The molecule has 0 aromatic carbocycles. The van der Waals surface area contributed by atoms with Crippen molar-refractivity contribution in [2.24, 2.45) is 5.92 Å². The highest BCUT2D eigenvalue weighted by atomic mass is 16.5. The second-order valence-electron chi connectivity index (χ2n) is 6.13. The number of carbonyl (C=O) groups is 1. The molecule has 0 amide bonds. The topological polar surface area (TPSA) is 41.6 Å². The van der Waals surface area contributed by atoms with Crippen molar-refractivity contribution in [2.45, 2.75) is 57.5 Å². The van der Waals surface area contributed by atoms with E-state index in [0.717, 1.165) is 26.1 Å². The van der Waals surface area contributed by atoms with Crippen LogP contribution in [0.4, 0.5) is 0 Å². The van der Waals surface area contributed by atoms with E-state index in [9.17, 15) is 4.79 Å². The largest absolute Gasteiger partial charge is 0.468 e. The number of piperazine rings is 1. The first kappa shape index (κ1) is 14.8. The minimum Gasteiger partial charge on any atom is -0.468 e. The third-order valence-electron chi connectivity index (χ3n) is 4.60. The average Bonchev–Trinajstić information content (AvgIpc) is 2.45. The Morgan fingerprint density at radius 1 is 1.37 bits per heavy atom. The molecule has 2 fully saturated rings. The summed E-state index contributed by atoms with van der Waals surface area (Å²) in [6.07, 6.45) is 7.58. The van der Waals surface area contributed by atoms with E-state index in [1.54, 1.807) is 0 Å². The van der Waals surface area contributed by atoms with E-state index in [0.29, 0.717) is 12.0 Å². The minimum absolute atomic E-state index is 0.0300. The van der Waals surface area contributed by atoms with Crippen LogP contribution in [-0.2, 0) is 9.53 Å². The summed E-state index contributed by atoms with van der Waals surface area (Å²) in [6, 6.07) is 0.435. The van der Waals surface area contributed by atoms with E-state index in [1.165, 1.54) is 39.2 Å². The summed E-state index contributed by atoms with van der Waals surface area (Å²) in [7, 11) is 1.52. The molecule has 4 nitrogen and oxygen atoms in total. The molecule has 0 radical (unpaired) electrons. The zero-order chi connectivity index (χ0) is 13.7. The Balaban J connectivity index is 1.96. The molecule has 0 spiro atoms. The smallest absolute Gasteiger partial charge is 0.323 e. The van der Waals surface area contributed by atoms with Crippen LogP contribution in [0.3, 0.4) is 0 Å². The summed E-state index contributed by atoms with van der Waals surface area (Å²) in [6.45, 7) is 5.06. The van der Waals surface area contributed by atoms with Gasteiger partial charge in [-0.15, -0.1) is 0 Å². The molecule has 1 saturated carbocycles. The highest BCUT2D eigenvalue weighted by Gasteiger charge is 2.32. The van der Waals surface area contributed by atoms with Crippen molar-refractivity contribution in [1.29, 1.82) is 0 Å². The molecule has 2 atom stereocenters. The molecule has 0 aromatic rings. The van der Waals surface area contributed by atoms with Gasteiger partial charge in [0.1, 0.15) is 6.04 Å². The molecule has 1 aliphatic carbocycles. The summed E-state index contributed by atoms with van der Waals surface area (Å²) in [5, 5.41) is 3.43. The molecule has 0 unspecified atom stereocenters. The summed E-state index contributed by atoms with van der Waals surface area (Å²) in [5.41, 5.74) is 0. The Bertz CT molecular complexity index is 290. The zero-order valence-corrected chi connectivity index (χ0v) is 12.4. The highest BCUT2D eigenvalue weighted by molar-refractivity contribution is 5.75. The van der Waals surface area contributed by atoms with Crippen molar-refractivity contribution in [3.05, 3.63) is 0 Å². The molecular formula is C15H28N2O2. The fraction of sp³-hybridized carbons (Fsp3) is 0.933. The number of ether oxygens (including phenoxy) is 1. The number of rotatable bonds is 4. The lowest BCUT2D eigenvalue weighted by molar-refractivity contribution is -0.148. The van der Waals surface area contributed by atoms with Gasteiger partial charge in [0.2, 0.25) is 0 Å². The molecular weight excluding hydrogens is 240 g/mol. The molecule has 4 heteroatoms. The number of methoxy groups -OCH3 is 1. The van der Waals surface area contributed by atoms with Crippen LogP contribution >= 0.6 is 0 Å². The van der Waals surface area contributed by atoms with Gasteiger partial charge in [-0.1, -0.05) is 32.1 Å². The van der Waals surface area contributed by atoms with Crippen molar-refractivity contribution in [1.82, 2.24) is 10.2 Å². The van der Waals surface area contributed by atoms with E-state index in [-0.39, 0.29) is 12.0 Å². The van der Waals surface area contributed by atoms with Gasteiger partial charge in [0.05, 0.1) is 7.11 Å². The number of hydrogen-bond donors (Lipinski definition) is 1. The SMILES string of the molecule is COC(=O)[C@H](CC1CCCCC1)N1CCN[C@@H](C)C1. The van der Waals surface area contributed by atoms with Crippen LogP contribution in [0.5, 0.6) is 0 Å². The van der Waals surface area contributed by atoms with Gasteiger partial charge in [-0.3, -0.25) is 9.69 Å². The lowest BCUT2D eigenvalue weighted by Gasteiger charge is -2.38. The predicted molar refractivity (Wildman–Crippen MR) is 76.0 cm³/mol. The molecule has 1 N–H and O–H groups in total. The normalized spacial score (nSPS) is 28.0. The first-order valence-electron chi connectivity index (χ1n) is 7.76. The summed E-state index contributed by atoms with van der Waals surface area (Å²) in [4.78, 5) is 14.4. The molecule has 1 heterocycles.